The van der Waals surface area contributed by atoms with Gasteiger partial charge in [-0.15, -0.1) is 0 Å². The first kappa shape index (κ1) is 21.3. The summed E-state index contributed by atoms with van der Waals surface area (Å²) in [6.45, 7) is 0.618. The number of aromatic nitrogens is 1. The molecular formula is C17H15Cl2F3N2O3. The van der Waals surface area contributed by atoms with Gasteiger partial charge in [0.15, 0.2) is 12.2 Å². The predicted molar refractivity (Wildman–Crippen MR) is 93.8 cm³/mol. The number of nitrogens with two attached hydrogens (primary N) is 1. The number of carbonyl (C=O) groups excluding carboxylic acids is 1. The van der Waals surface area contributed by atoms with E-state index in [-0.39, 0.29) is 21.5 Å². The van der Waals surface area contributed by atoms with Crippen molar-refractivity contribution in [2.75, 3.05) is 6.61 Å². The Morgan fingerprint density at radius 2 is 1.96 bits per heavy atom. The van der Waals surface area contributed by atoms with Gasteiger partial charge >= 0.3 is 6.18 Å². The summed E-state index contributed by atoms with van der Waals surface area (Å²) in [5.74, 6) is -2.60. The Balaban J connectivity index is 2.54. The molecule has 1 amide bonds. The summed E-state index contributed by atoms with van der Waals surface area (Å²) in [5, 5.41) is 11.0. The molecule has 0 fully saturated rings. The standard InChI is InChI=1S/C17H15Cl2F3N2O3/c1-9(12-3-2-11(18)7-13(12)19)16(26,17(20,21)22)10-4-5-24-15(6-10)27-8-14(23)25/h2-7,9,26H,8H2,1H3,(H2,23,25). The van der Waals surface area contributed by atoms with Gasteiger partial charge in [-0.2, -0.15) is 13.2 Å². The van der Waals surface area contributed by atoms with Crippen LogP contribution >= 0.6 is 23.2 Å². The van der Waals surface area contributed by atoms with Gasteiger partial charge in [0.1, 0.15) is 0 Å². The van der Waals surface area contributed by atoms with Crippen LogP contribution in [0.1, 0.15) is 24.0 Å². The largest absolute Gasteiger partial charge is 0.468 e. The summed E-state index contributed by atoms with van der Waals surface area (Å²) in [6, 6.07) is 5.89. The van der Waals surface area contributed by atoms with Crippen molar-refractivity contribution in [2.24, 2.45) is 5.73 Å². The molecule has 0 aliphatic carbocycles. The van der Waals surface area contributed by atoms with Crippen LogP contribution in [0.3, 0.4) is 0 Å². The van der Waals surface area contributed by atoms with Gasteiger partial charge < -0.3 is 15.6 Å². The quantitative estimate of drug-likeness (QED) is 0.740. The molecule has 0 spiro atoms. The molecule has 0 bridgehead atoms. The van der Waals surface area contributed by atoms with Crippen molar-refractivity contribution >= 4 is 29.1 Å². The Kier molecular flexibility index (Phi) is 6.24. The summed E-state index contributed by atoms with van der Waals surface area (Å²) in [5.41, 5.74) is 1.16. The van der Waals surface area contributed by atoms with Crippen LogP contribution in [0.4, 0.5) is 13.2 Å². The Bertz CT molecular complexity index is 848. The van der Waals surface area contributed by atoms with Crippen LogP contribution < -0.4 is 10.5 Å². The number of hydrogen-bond donors (Lipinski definition) is 2. The van der Waals surface area contributed by atoms with Gasteiger partial charge in [0, 0.05) is 33.8 Å². The average molecular weight is 423 g/mol. The van der Waals surface area contributed by atoms with Gasteiger partial charge in [-0.05, 0) is 23.8 Å². The number of hydrogen-bond acceptors (Lipinski definition) is 4. The normalized spacial score (nSPS) is 15.1. The van der Waals surface area contributed by atoms with Crippen LogP contribution in [0.15, 0.2) is 36.5 Å². The number of aliphatic hydroxyl groups is 1. The van der Waals surface area contributed by atoms with E-state index in [1.54, 1.807) is 0 Å². The number of benzene rings is 1. The highest BCUT2D eigenvalue weighted by atomic mass is 35.5. The van der Waals surface area contributed by atoms with E-state index in [1.165, 1.54) is 25.1 Å². The first-order valence-corrected chi connectivity index (χ1v) is 8.34. The number of carbonyl (C=O) groups is 1. The van der Waals surface area contributed by atoms with Gasteiger partial charge in [-0.3, -0.25) is 4.79 Å². The maximum absolute atomic E-state index is 13.9. The lowest BCUT2D eigenvalue weighted by atomic mass is 9.78. The Morgan fingerprint density at radius 3 is 2.52 bits per heavy atom. The van der Waals surface area contributed by atoms with E-state index in [4.69, 9.17) is 33.7 Å². The summed E-state index contributed by atoms with van der Waals surface area (Å²) < 4.78 is 46.7. The zero-order chi connectivity index (χ0) is 20.4. The maximum atomic E-state index is 13.9. The van der Waals surface area contributed by atoms with Crippen molar-refractivity contribution in [3.05, 3.63) is 57.7 Å². The lowest BCUT2D eigenvalue weighted by Gasteiger charge is -2.37. The molecule has 2 rings (SSSR count). The molecule has 0 aliphatic heterocycles. The Morgan fingerprint density at radius 1 is 1.30 bits per heavy atom. The molecule has 0 radical (unpaired) electrons. The van der Waals surface area contributed by atoms with Crippen LogP contribution in [0.5, 0.6) is 5.88 Å². The first-order chi connectivity index (χ1) is 12.5. The highest BCUT2D eigenvalue weighted by Gasteiger charge is 2.59. The molecule has 1 aromatic heterocycles. The molecule has 2 atom stereocenters. The second kappa shape index (κ2) is 7.92. The number of rotatable bonds is 6. The number of ether oxygens (including phenoxy) is 1. The molecular weight excluding hydrogens is 408 g/mol. The van der Waals surface area contributed by atoms with E-state index < -0.39 is 35.8 Å². The molecule has 1 heterocycles. The third kappa shape index (κ3) is 4.45. The molecule has 2 unspecified atom stereocenters. The van der Waals surface area contributed by atoms with Crippen LogP contribution in [0, 0.1) is 0 Å². The smallest absolute Gasteiger partial charge is 0.422 e. The molecule has 2 aromatic rings. The van der Waals surface area contributed by atoms with Crippen molar-refractivity contribution in [1.29, 1.82) is 0 Å². The van der Waals surface area contributed by atoms with Gasteiger partial charge in [-0.1, -0.05) is 36.2 Å². The summed E-state index contributed by atoms with van der Waals surface area (Å²) in [4.78, 5) is 14.5. The van der Waals surface area contributed by atoms with Crippen LogP contribution in [0.2, 0.25) is 10.0 Å². The summed E-state index contributed by atoms with van der Waals surface area (Å²) >= 11 is 11.8. The van der Waals surface area contributed by atoms with Crippen molar-refractivity contribution in [1.82, 2.24) is 4.98 Å². The molecule has 10 heteroatoms. The lowest BCUT2D eigenvalue weighted by Crippen LogP contribution is -2.46. The molecule has 0 saturated heterocycles. The van der Waals surface area contributed by atoms with Crippen LogP contribution in [0.25, 0.3) is 0 Å². The number of halogens is 5. The highest BCUT2D eigenvalue weighted by Crippen LogP contribution is 2.50. The van der Waals surface area contributed by atoms with Crippen LogP contribution in [-0.2, 0) is 10.4 Å². The van der Waals surface area contributed by atoms with Crippen molar-refractivity contribution < 1.29 is 27.8 Å². The van der Waals surface area contributed by atoms with Crippen molar-refractivity contribution in [3.63, 3.8) is 0 Å². The number of amides is 1. The number of nitrogens with zero attached hydrogens (tertiary/aromatic N) is 1. The molecule has 0 saturated carbocycles. The average Bonchev–Trinajstić information content (AvgIpc) is 2.58. The highest BCUT2D eigenvalue weighted by molar-refractivity contribution is 6.35. The second-order valence-corrected chi connectivity index (χ2v) is 6.63. The van der Waals surface area contributed by atoms with Crippen molar-refractivity contribution in [2.45, 2.75) is 24.6 Å². The van der Waals surface area contributed by atoms with E-state index in [2.05, 4.69) is 4.98 Å². The fourth-order valence-electron chi connectivity index (χ4n) is 2.61. The molecule has 146 valence electrons. The number of alkyl halides is 3. The molecule has 5 nitrogen and oxygen atoms in total. The summed E-state index contributed by atoms with van der Waals surface area (Å²) in [7, 11) is 0. The van der Waals surface area contributed by atoms with E-state index >= 15 is 0 Å². The van der Waals surface area contributed by atoms with Gasteiger partial charge in [0.05, 0.1) is 0 Å². The third-order valence-corrected chi connectivity index (χ3v) is 4.59. The zero-order valence-electron chi connectivity index (χ0n) is 13.9. The van der Waals surface area contributed by atoms with E-state index in [9.17, 15) is 23.1 Å². The predicted octanol–water partition coefficient (Wildman–Crippen LogP) is 3.81. The third-order valence-electron chi connectivity index (χ3n) is 4.03. The van der Waals surface area contributed by atoms with Gasteiger partial charge in [0.25, 0.3) is 5.91 Å². The van der Waals surface area contributed by atoms with Gasteiger partial charge in [0.2, 0.25) is 5.88 Å². The minimum atomic E-state index is -5.06. The van der Waals surface area contributed by atoms with Crippen LogP contribution in [-0.4, -0.2) is 28.8 Å². The fraction of sp³-hybridized carbons (Fsp3) is 0.294. The minimum Gasteiger partial charge on any atom is -0.468 e. The summed E-state index contributed by atoms with van der Waals surface area (Å²) in [6.07, 6.45) is -4.03. The maximum Gasteiger partial charge on any atom is 0.422 e. The molecule has 1 aromatic carbocycles. The topological polar surface area (TPSA) is 85.4 Å². The van der Waals surface area contributed by atoms with E-state index in [1.807, 2.05) is 0 Å². The number of pyridine rings is 1. The monoisotopic (exact) mass is 422 g/mol. The first-order valence-electron chi connectivity index (χ1n) is 7.58. The SMILES string of the molecule is CC(c1ccc(Cl)cc1Cl)C(O)(c1ccnc(OCC(N)=O)c1)C(F)(F)F. The van der Waals surface area contributed by atoms with Crippen molar-refractivity contribution in [3.8, 4) is 5.88 Å². The lowest BCUT2D eigenvalue weighted by molar-refractivity contribution is -0.274. The Labute approximate surface area is 162 Å². The van der Waals surface area contributed by atoms with Gasteiger partial charge in [-0.25, -0.2) is 4.98 Å². The Hall–Kier alpha value is -2.03. The van der Waals surface area contributed by atoms with E-state index in [0.717, 1.165) is 18.3 Å². The van der Waals surface area contributed by atoms with E-state index in [0.29, 0.717) is 0 Å². The molecule has 27 heavy (non-hydrogen) atoms. The zero-order valence-corrected chi connectivity index (χ0v) is 15.4. The minimum absolute atomic E-state index is 0.0167. The number of primary amides is 1. The fourth-order valence-corrected chi connectivity index (χ4v) is 3.18. The second-order valence-electron chi connectivity index (χ2n) is 5.79. The molecule has 0 aliphatic rings. The molecule has 3 N–H and O–H groups in total.